The predicted molar refractivity (Wildman–Crippen MR) is 66.3 cm³/mol. The lowest BCUT2D eigenvalue weighted by Crippen LogP contribution is -2.06. The van der Waals surface area contributed by atoms with Crippen molar-refractivity contribution in [3.05, 3.63) is 35.6 Å². The van der Waals surface area contributed by atoms with Crippen LogP contribution in [0.15, 0.2) is 28.7 Å². The maximum atomic E-state index is 11.5. The molecule has 1 N–H and O–H groups in total. The molecule has 1 aromatic heterocycles. The van der Waals surface area contributed by atoms with Crippen molar-refractivity contribution in [2.45, 2.75) is 12.7 Å². The van der Waals surface area contributed by atoms with Crippen LogP contribution in [0.4, 0.5) is 0 Å². The lowest BCUT2D eigenvalue weighted by Gasteiger charge is -2.01. The van der Waals surface area contributed by atoms with E-state index in [1.807, 2.05) is 0 Å². The molecule has 6 heteroatoms. The first-order chi connectivity index (χ1) is 8.41. The van der Waals surface area contributed by atoms with Crippen molar-refractivity contribution in [3.8, 4) is 0 Å². The van der Waals surface area contributed by atoms with Gasteiger partial charge in [0.25, 0.3) is 0 Å². The van der Waals surface area contributed by atoms with Crippen LogP contribution in [-0.4, -0.2) is 25.2 Å². The van der Waals surface area contributed by atoms with Crippen molar-refractivity contribution in [2.75, 3.05) is 5.75 Å². The second-order valence-corrected chi connectivity index (χ2v) is 6.32. The number of sulfone groups is 1. The van der Waals surface area contributed by atoms with Gasteiger partial charge in [-0.25, -0.2) is 13.2 Å². The van der Waals surface area contributed by atoms with Crippen LogP contribution in [0.3, 0.4) is 0 Å². The van der Waals surface area contributed by atoms with Crippen LogP contribution in [0, 0.1) is 0 Å². The van der Waals surface area contributed by atoms with Gasteiger partial charge in [-0.2, -0.15) is 0 Å². The Hall–Kier alpha value is -1.82. The average Bonchev–Trinajstić information content (AvgIpc) is 2.71. The molecule has 0 saturated heterocycles. The van der Waals surface area contributed by atoms with Gasteiger partial charge in [0.05, 0.1) is 5.75 Å². The lowest BCUT2D eigenvalue weighted by atomic mass is 10.2. The number of carbonyl (C=O) groups is 1. The topological polar surface area (TPSA) is 84.6 Å². The first-order valence-electron chi connectivity index (χ1n) is 5.37. The number of benzene rings is 1. The number of aromatic carboxylic acids is 1. The largest absolute Gasteiger partial charge is 0.475 e. The second kappa shape index (κ2) is 4.45. The minimum Gasteiger partial charge on any atom is -0.475 e. The third-order valence-corrected chi connectivity index (χ3v) is 4.27. The minimum absolute atomic E-state index is 0.0486. The molecule has 2 rings (SSSR count). The molecule has 0 saturated carbocycles. The van der Waals surface area contributed by atoms with Gasteiger partial charge in [-0.05, 0) is 23.8 Å². The van der Waals surface area contributed by atoms with Crippen LogP contribution in [0.25, 0.3) is 11.0 Å². The molecule has 0 amide bonds. The quantitative estimate of drug-likeness (QED) is 0.917. The third-order valence-electron chi connectivity index (χ3n) is 2.62. The first kappa shape index (κ1) is 12.6. The van der Waals surface area contributed by atoms with E-state index < -0.39 is 15.8 Å². The molecule has 0 unspecified atom stereocenters. The molecule has 0 aliphatic rings. The summed E-state index contributed by atoms with van der Waals surface area (Å²) in [6, 6.07) is 6.24. The fourth-order valence-corrected chi connectivity index (χ4v) is 2.54. The summed E-state index contributed by atoms with van der Waals surface area (Å²) < 4.78 is 28.1. The molecule has 0 spiro atoms. The van der Waals surface area contributed by atoms with Crippen LogP contribution < -0.4 is 0 Å². The predicted octanol–water partition coefficient (Wildman–Crippen LogP) is 2.07. The number of fused-ring (bicyclic) bond motifs is 1. The zero-order chi connectivity index (χ0) is 13.3. The summed E-state index contributed by atoms with van der Waals surface area (Å²) in [7, 11) is -3.10. The van der Waals surface area contributed by atoms with Crippen molar-refractivity contribution < 1.29 is 22.7 Å². The van der Waals surface area contributed by atoms with E-state index >= 15 is 0 Å². The van der Waals surface area contributed by atoms with Crippen molar-refractivity contribution in [3.63, 3.8) is 0 Å². The van der Waals surface area contributed by atoms with E-state index in [1.165, 1.54) is 6.07 Å². The Labute approximate surface area is 104 Å². The molecule has 0 bridgehead atoms. The van der Waals surface area contributed by atoms with Crippen LogP contribution in [0.5, 0.6) is 0 Å². The van der Waals surface area contributed by atoms with E-state index in [-0.39, 0.29) is 17.3 Å². The van der Waals surface area contributed by atoms with E-state index in [2.05, 4.69) is 0 Å². The molecule has 96 valence electrons. The molecule has 0 radical (unpaired) electrons. The Balaban J connectivity index is 2.41. The van der Waals surface area contributed by atoms with Gasteiger partial charge in [-0.15, -0.1) is 0 Å². The van der Waals surface area contributed by atoms with Crippen molar-refractivity contribution in [1.82, 2.24) is 0 Å². The number of hydrogen-bond donors (Lipinski definition) is 1. The molecule has 1 aromatic carbocycles. The monoisotopic (exact) mass is 268 g/mol. The van der Waals surface area contributed by atoms with Crippen molar-refractivity contribution in [2.24, 2.45) is 0 Å². The summed E-state index contributed by atoms with van der Waals surface area (Å²) in [4.78, 5) is 10.7. The van der Waals surface area contributed by atoms with Gasteiger partial charge in [-0.3, -0.25) is 0 Å². The molecular weight excluding hydrogens is 256 g/mol. The standard InChI is InChI=1S/C12H12O5S/c1-2-18(15,16)7-8-3-4-10-9(5-8)6-11(17-10)12(13)14/h3-6H,2,7H2,1H3,(H,13,14). The molecule has 18 heavy (non-hydrogen) atoms. The minimum atomic E-state index is -3.10. The normalized spacial score (nSPS) is 11.8. The van der Waals surface area contributed by atoms with E-state index in [4.69, 9.17) is 9.52 Å². The maximum Gasteiger partial charge on any atom is 0.371 e. The summed E-state index contributed by atoms with van der Waals surface area (Å²) in [5.41, 5.74) is 1.06. The van der Waals surface area contributed by atoms with Crippen molar-refractivity contribution >= 4 is 26.8 Å². The van der Waals surface area contributed by atoms with Crippen LogP contribution in [-0.2, 0) is 15.6 Å². The number of rotatable bonds is 4. The molecule has 5 nitrogen and oxygen atoms in total. The Kier molecular flexibility index (Phi) is 3.13. The summed E-state index contributed by atoms with van der Waals surface area (Å²) in [5.74, 6) is -1.27. The molecule has 0 aliphatic carbocycles. The fraction of sp³-hybridized carbons (Fsp3) is 0.250. The third kappa shape index (κ3) is 2.53. The molecule has 1 heterocycles. The Bertz CT molecular complexity index is 696. The summed E-state index contributed by atoms with van der Waals surface area (Å²) in [6.45, 7) is 1.59. The van der Waals surface area contributed by atoms with E-state index in [0.717, 1.165) is 0 Å². The van der Waals surface area contributed by atoms with Crippen LogP contribution in [0.2, 0.25) is 0 Å². The Morgan fingerprint density at radius 2 is 2.06 bits per heavy atom. The zero-order valence-electron chi connectivity index (χ0n) is 9.71. The van der Waals surface area contributed by atoms with Crippen LogP contribution in [0.1, 0.15) is 23.0 Å². The fourth-order valence-electron chi connectivity index (χ4n) is 1.64. The van der Waals surface area contributed by atoms with Crippen LogP contribution >= 0.6 is 0 Å². The highest BCUT2D eigenvalue weighted by atomic mass is 32.2. The zero-order valence-corrected chi connectivity index (χ0v) is 10.5. The van der Waals surface area contributed by atoms with E-state index in [1.54, 1.807) is 25.1 Å². The first-order valence-corrected chi connectivity index (χ1v) is 7.19. The van der Waals surface area contributed by atoms with E-state index in [0.29, 0.717) is 16.5 Å². The maximum absolute atomic E-state index is 11.5. The number of carboxylic acids is 1. The van der Waals surface area contributed by atoms with Gasteiger partial charge in [0.2, 0.25) is 5.76 Å². The molecule has 0 aliphatic heterocycles. The Morgan fingerprint density at radius 3 is 2.67 bits per heavy atom. The van der Waals surface area contributed by atoms with Gasteiger partial charge < -0.3 is 9.52 Å². The lowest BCUT2D eigenvalue weighted by molar-refractivity contribution is 0.0665. The molecule has 2 aromatic rings. The number of carboxylic acid groups (broad SMARTS) is 1. The van der Waals surface area contributed by atoms with Gasteiger partial charge in [0.15, 0.2) is 9.84 Å². The van der Waals surface area contributed by atoms with Crippen molar-refractivity contribution in [1.29, 1.82) is 0 Å². The van der Waals surface area contributed by atoms with Gasteiger partial charge in [0.1, 0.15) is 5.58 Å². The summed E-state index contributed by atoms with van der Waals surface area (Å²) >= 11 is 0. The van der Waals surface area contributed by atoms with E-state index in [9.17, 15) is 13.2 Å². The second-order valence-electron chi connectivity index (χ2n) is 3.96. The SMILES string of the molecule is CCS(=O)(=O)Cc1ccc2oc(C(=O)O)cc2c1. The Morgan fingerprint density at radius 1 is 1.33 bits per heavy atom. The number of hydrogen-bond acceptors (Lipinski definition) is 4. The number of furan rings is 1. The summed E-state index contributed by atoms with van der Waals surface area (Å²) in [5, 5.41) is 9.38. The highest BCUT2D eigenvalue weighted by Gasteiger charge is 2.13. The smallest absolute Gasteiger partial charge is 0.371 e. The van der Waals surface area contributed by atoms with Gasteiger partial charge >= 0.3 is 5.97 Å². The molecular formula is C12H12O5S. The molecule has 0 fully saturated rings. The highest BCUT2D eigenvalue weighted by molar-refractivity contribution is 7.90. The van der Waals surface area contributed by atoms with Gasteiger partial charge in [-0.1, -0.05) is 13.0 Å². The average molecular weight is 268 g/mol. The molecule has 0 atom stereocenters. The highest BCUT2D eigenvalue weighted by Crippen LogP contribution is 2.21. The summed E-state index contributed by atoms with van der Waals surface area (Å²) in [6.07, 6.45) is 0. The van der Waals surface area contributed by atoms with Gasteiger partial charge in [0, 0.05) is 11.1 Å².